The van der Waals surface area contributed by atoms with Crippen LogP contribution in [0.5, 0.6) is 0 Å². The van der Waals surface area contributed by atoms with Gasteiger partial charge in [-0.05, 0) is 40.9 Å². The lowest BCUT2D eigenvalue weighted by Crippen LogP contribution is -2.30. The number of ether oxygens (including phenoxy) is 1. The van der Waals surface area contributed by atoms with E-state index in [1.54, 1.807) is 18.3 Å². The molecule has 6 nitrogen and oxygen atoms in total. The fourth-order valence-electron chi connectivity index (χ4n) is 1.69. The van der Waals surface area contributed by atoms with Crippen molar-refractivity contribution in [2.45, 2.75) is 25.0 Å². The van der Waals surface area contributed by atoms with E-state index >= 15 is 0 Å². The Kier molecular flexibility index (Phi) is 3.93. The van der Waals surface area contributed by atoms with Gasteiger partial charge in [0.2, 0.25) is 0 Å². The zero-order valence-electron chi connectivity index (χ0n) is 9.30. The van der Waals surface area contributed by atoms with E-state index in [-0.39, 0.29) is 5.91 Å². The molecule has 0 aromatic carbocycles. The van der Waals surface area contributed by atoms with Gasteiger partial charge in [-0.3, -0.25) is 4.79 Å². The quantitative estimate of drug-likeness (QED) is 0.880. The van der Waals surface area contributed by atoms with E-state index in [2.05, 4.69) is 26.2 Å². The topological polar surface area (TPSA) is 88.5 Å². The molecule has 1 amide bonds. The molecule has 1 aliphatic rings. The molecule has 2 heterocycles. The molecule has 0 saturated carbocycles. The molecule has 1 aromatic heterocycles. The first-order chi connectivity index (χ1) is 8.58. The number of aliphatic carboxylic acids is 1. The minimum Gasteiger partial charge on any atom is -0.479 e. The summed E-state index contributed by atoms with van der Waals surface area (Å²) in [5, 5.41) is 11.4. The highest BCUT2D eigenvalue weighted by Crippen LogP contribution is 2.23. The van der Waals surface area contributed by atoms with E-state index in [1.165, 1.54) is 0 Å². The number of hydrogen-bond donors (Lipinski definition) is 2. The molecule has 0 spiro atoms. The molecule has 2 atom stereocenters. The van der Waals surface area contributed by atoms with Crippen LogP contribution in [-0.4, -0.2) is 34.2 Å². The van der Waals surface area contributed by atoms with E-state index in [4.69, 9.17) is 9.84 Å². The molecule has 2 N–H and O–H groups in total. The average molecular weight is 315 g/mol. The van der Waals surface area contributed by atoms with Crippen LogP contribution in [-0.2, 0) is 14.3 Å². The number of nitrogens with zero attached hydrogens (tertiary/aromatic N) is 1. The van der Waals surface area contributed by atoms with Crippen molar-refractivity contribution < 1.29 is 19.4 Å². The summed E-state index contributed by atoms with van der Waals surface area (Å²) in [4.78, 5) is 26.5. The van der Waals surface area contributed by atoms with E-state index in [9.17, 15) is 9.59 Å². The minimum absolute atomic E-state index is 0.344. The van der Waals surface area contributed by atoms with Gasteiger partial charge < -0.3 is 15.2 Å². The van der Waals surface area contributed by atoms with Gasteiger partial charge in [0.05, 0.1) is 4.47 Å². The second kappa shape index (κ2) is 5.45. The van der Waals surface area contributed by atoms with Gasteiger partial charge in [0.25, 0.3) is 5.91 Å². The summed E-state index contributed by atoms with van der Waals surface area (Å²) in [5.41, 5.74) is 0. The van der Waals surface area contributed by atoms with E-state index in [0.717, 1.165) is 0 Å². The van der Waals surface area contributed by atoms with Crippen molar-refractivity contribution in [2.75, 3.05) is 5.32 Å². The predicted molar refractivity (Wildman–Crippen MR) is 66.1 cm³/mol. The molecule has 7 heteroatoms. The Hall–Kier alpha value is -1.47. The fourth-order valence-corrected chi connectivity index (χ4v) is 2.04. The number of hydrogen-bond acceptors (Lipinski definition) is 4. The van der Waals surface area contributed by atoms with Crippen LogP contribution in [0.3, 0.4) is 0 Å². The van der Waals surface area contributed by atoms with Crippen LogP contribution in [0.4, 0.5) is 5.82 Å². The fraction of sp³-hybridized carbons (Fsp3) is 0.364. The van der Waals surface area contributed by atoms with Gasteiger partial charge >= 0.3 is 5.97 Å². The second-order valence-corrected chi connectivity index (χ2v) is 4.71. The molecular weight excluding hydrogens is 304 g/mol. The molecule has 18 heavy (non-hydrogen) atoms. The molecule has 0 bridgehead atoms. The standard InChI is InChI=1S/C11H11BrN2O4/c12-6-2-1-5-13-9(6)14-10(15)7-3-4-8(18-7)11(16)17/h1-2,5,7-8H,3-4H2,(H,16,17)(H,13,14,15). The third-order valence-corrected chi connectivity index (χ3v) is 3.23. The summed E-state index contributed by atoms with van der Waals surface area (Å²) in [5.74, 6) is -1.02. The number of carboxylic acids is 1. The average Bonchev–Trinajstić information content (AvgIpc) is 2.81. The first kappa shape index (κ1) is 13.0. The number of pyridine rings is 1. The van der Waals surface area contributed by atoms with Gasteiger partial charge in [0.1, 0.15) is 11.9 Å². The number of carbonyl (C=O) groups excluding carboxylic acids is 1. The number of anilines is 1. The van der Waals surface area contributed by atoms with Crippen molar-refractivity contribution in [2.24, 2.45) is 0 Å². The maximum atomic E-state index is 11.8. The van der Waals surface area contributed by atoms with Gasteiger partial charge in [-0.1, -0.05) is 0 Å². The van der Waals surface area contributed by atoms with E-state index < -0.39 is 18.2 Å². The van der Waals surface area contributed by atoms with Crippen LogP contribution in [0.25, 0.3) is 0 Å². The van der Waals surface area contributed by atoms with Gasteiger partial charge in [0.15, 0.2) is 6.10 Å². The summed E-state index contributed by atoms with van der Waals surface area (Å²) in [7, 11) is 0. The highest BCUT2D eigenvalue weighted by Gasteiger charge is 2.34. The highest BCUT2D eigenvalue weighted by molar-refractivity contribution is 9.10. The molecule has 2 unspecified atom stereocenters. The predicted octanol–water partition coefficient (Wildman–Crippen LogP) is 1.41. The van der Waals surface area contributed by atoms with Gasteiger partial charge in [-0.2, -0.15) is 0 Å². The Morgan fingerprint density at radius 1 is 1.44 bits per heavy atom. The van der Waals surface area contributed by atoms with Crippen LogP contribution in [0, 0.1) is 0 Å². The number of nitrogens with one attached hydrogen (secondary N) is 1. The number of halogens is 1. The minimum atomic E-state index is -1.04. The Balaban J connectivity index is 1.98. The molecule has 0 radical (unpaired) electrons. The number of carboxylic acid groups (broad SMARTS) is 1. The molecule has 2 rings (SSSR count). The molecule has 1 aliphatic heterocycles. The summed E-state index contributed by atoms with van der Waals surface area (Å²) in [6.07, 6.45) is 0.660. The van der Waals surface area contributed by atoms with E-state index in [1.807, 2.05) is 0 Å². The number of amides is 1. The normalized spacial score (nSPS) is 22.7. The first-order valence-electron chi connectivity index (χ1n) is 5.37. The first-order valence-corrected chi connectivity index (χ1v) is 6.17. The SMILES string of the molecule is O=C(O)C1CCC(C(=O)Nc2ncccc2Br)O1. The zero-order chi connectivity index (χ0) is 13.1. The number of carbonyl (C=O) groups is 2. The summed E-state index contributed by atoms with van der Waals surface area (Å²) in [6.45, 7) is 0. The van der Waals surface area contributed by atoms with Crippen LogP contribution < -0.4 is 5.32 Å². The smallest absolute Gasteiger partial charge is 0.332 e. The number of rotatable bonds is 3. The molecule has 1 aromatic rings. The highest BCUT2D eigenvalue weighted by atomic mass is 79.9. The summed E-state index contributed by atoms with van der Waals surface area (Å²) < 4.78 is 5.80. The molecule has 1 saturated heterocycles. The van der Waals surface area contributed by atoms with E-state index in [0.29, 0.717) is 23.1 Å². The Morgan fingerprint density at radius 2 is 2.17 bits per heavy atom. The number of aromatic nitrogens is 1. The van der Waals surface area contributed by atoms with Crippen molar-refractivity contribution in [3.63, 3.8) is 0 Å². The third kappa shape index (κ3) is 2.85. The van der Waals surface area contributed by atoms with Crippen LogP contribution in [0.2, 0.25) is 0 Å². The Labute approximate surface area is 111 Å². The monoisotopic (exact) mass is 314 g/mol. The van der Waals surface area contributed by atoms with Crippen LogP contribution in [0.1, 0.15) is 12.8 Å². The van der Waals surface area contributed by atoms with Crippen molar-refractivity contribution in [3.8, 4) is 0 Å². The lowest BCUT2D eigenvalue weighted by molar-refractivity contribution is -0.150. The third-order valence-electron chi connectivity index (χ3n) is 2.59. The summed E-state index contributed by atoms with van der Waals surface area (Å²) >= 11 is 3.26. The van der Waals surface area contributed by atoms with Gasteiger partial charge in [-0.25, -0.2) is 9.78 Å². The van der Waals surface area contributed by atoms with Crippen LogP contribution in [0.15, 0.2) is 22.8 Å². The maximum Gasteiger partial charge on any atom is 0.332 e. The van der Waals surface area contributed by atoms with Crippen LogP contribution >= 0.6 is 15.9 Å². The van der Waals surface area contributed by atoms with Gasteiger partial charge in [-0.15, -0.1) is 0 Å². The molecular formula is C11H11BrN2O4. The summed E-state index contributed by atoms with van der Waals surface area (Å²) in [6, 6.07) is 3.48. The molecule has 1 fully saturated rings. The Bertz CT molecular complexity index is 480. The molecule has 0 aliphatic carbocycles. The maximum absolute atomic E-state index is 11.8. The van der Waals surface area contributed by atoms with Crippen molar-refractivity contribution in [3.05, 3.63) is 22.8 Å². The molecule has 96 valence electrons. The van der Waals surface area contributed by atoms with Crippen molar-refractivity contribution in [1.29, 1.82) is 0 Å². The largest absolute Gasteiger partial charge is 0.479 e. The lowest BCUT2D eigenvalue weighted by Gasteiger charge is -2.11. The van der Waals surface area contributed by atoms with Crippen molar-refractivity contribution in [1.82, 2.24) is 4.98 Å². The van der Waals surface area contributed by atoms with Gasteiger partial charge in [0, 0.05) is 6.20 Å². The van der Waals surface area contributed by atoms with Crippen molar-refractivity contribution >= 4 is 33.6 Å². The second-order valence-electron chi connectivity index (χ2n) is 3.85. The Morgan fingerprint density at radius 3 is 2.78 bits per heavy atom. The lowest BCUT2D eigenvalue weighted by atomic mass is 10.2. The zero-order valence-corrected chi connectivity index (χ0v) is 10.9.